The van der Waals surface area contributed by atoms with E-state index in [-0.39, 0.29) is 5.60 Å². The first kappa shape index (κ1) is 17.7. The highest BCUT2D eigenvalue weighted by atomic mass is 19.1. The molecule has 2 aliphatic carbocycles. The minimum Gasteiger partial charge on any atom is -0.457 e. The summed E-state index contributed by atoms with van der Waals surface area (Å²) in [6, 6.07) is 0. The predicted octanol–water partition coefficient (Wildman–Crippen LogP) is 5.73. The summed E-state index contributed by atoms with van der Waals surface area (Å²) in [5, 5.41) is 0. The van der Waals surface area contributed by atoms with Crippen LogP contribution in [0.1, 0.15) is 96.8 Å². The number of carbonyl (C=O) groups is 1. The summed E-state index contributed by atoms with van der Waals surface area (Å²) < 4.78 is 20.0. The van der Waals surface area contributed by atoms with Crippen molar-refractivity contribution in [2.45, 2.75) is 109 Å². The summed E-state index contributed by atoms with van der Waals surface area (Å²) in [6.07, 6.45) is 13.2. The van der Waals surface area contributed by atoms with Crippen LogP contribution in [-0.2, 0) is 9.53 Å². The van der Waals surface area contributed by atoms with E-state index in [1.54, 1.807) is 0 Å². The highest BCUT2D eigenvalue weighted by molar-refractivity contribution is 5.75. The van der Waals surface area contributed by atoms with E-state index in [4.69, 9.17) is 4.74 Å². The molecule has 0 spiro atoms. The van der Waals surface area contributed by atoms with Crippen molar-refractivity contribution in [2.75, 3.05) is 0 Å². The van der Waals surface area contributed by atoms with Crippen LogP contribution in [0.2, 0.25) is 0 Å². The van der Waals surface area contributed by atoms with Crippen molar-refractivity contribution in [1.82, 2.24) is 0 Å². The second-order valence-corrected chi connectivity index (χ2v) is 7.34. The van der Waals surface area contributed by atoms with Gasteiger partial charge in [-0.1, -0.05) is 45.4 Å². The van der Waals surface area contributed by atoms with Gasteiger partial charge in [-0.15, -0.1) is 0 Å². The molecule has 128 valence electrons. The summed E-state index contributed by atoms with van der Waals surface area (Å²) in [5.41, 5.74) is -0.342. The van der Waals surface area contributed by atoms with Crippen LogP contribution in [0, 0.1) is 5.92 Å². The van der Waals surface area contributed by atoms with Crippen LogP contribution < -0.4 is 0 Å². The largest absolute Gasteiger partial charge is 0.457 e. The standard InChI is InChI=1S/C19H33FO2/c1-2-3-6-13-17(20)18(21)22-19(14-9-5-10-15-19)16-11-7-4-8-12-16/h16-17H,2-15H2,1H3/t17-/m0/s1. The maximum atomic E-state index is 14.1. The lowest BCUT2D eigenvalue weighted by Gasteiger charge is -2.44. The van der Waals surface area contributed by atoms with Gasteiger partial charge < -0.3 is 4.74 Å². The molecule has 0 saturated heterocycles. The molecule has 2 rings (SSSR count). The SMILES string of the molecule is CCCCC[C@H](F)C(=O)OC1(C2CCCCC2)CCCCC1. The van der Waals surface area contributed by atoms with Gasteiger partial charge in [0.2, 0.25) is 0 Å². The Bertz CT molecular complexity index is 330. The molecule has 2 nitrogen and oxygen atoms in total. The van der Waals surface area contributed by atoms with Crippen molar-refractivity contribution in [3.63, 3.8) is 0 Å². The molecule has 1 atom stereocenters. The maximum Gasteiger partial charge on any atom is 0.341 e. The molecule has 0 heterocycles. The zero-order valence-corrected chi connectivity index (χ0v) is 14.2. The lowest BCUT2D eigenvalue weighted by Crippen LogP contribution is -2.46. The number of esters is 1. The van der Waals surface area contributed by atoms with Crippen molar-refractivity contribution in [2.24, 2.45) is 5.92 Å². The van der Waals surface area contributed by atoms with Gasteiger partial charge >= 0.3 is 5.97 Å². The normalized spacial score (nSPS) is 23.9. The molecule has 2 aliphatic rings. The van der Waals surface area contributed by atoms with E-state index in [2.05, 4.69) is 6.92 Å². The fourth-order valence-corrected chi connectivity index (χ4v) is 4.33. The van der Waals surface area contributed by atoms with E-state index in [9.17, 15) is 9.18 Å². The minimum atomic E-state index is -1.42. The first-order valence-electron chi connectivity index (χ1n) is 9.55. The minimum absolute atomic E-state index is 0.327. The monoisotopic (exact) mass is 312 g/mol. The van der Waals surface area contributed by atoms with E-state index in [1.807, 2.05) is 0 Å². The first-order chi connectivity index (χ1) is 10.7. The summed E-state index contributed by atoms with van der Waals surface area (Å²) in [5.74, 6) is -0.114. The fraction of sp³-hybridized carbons (Fsp3) is 0.947. The molecular weight excluding hydrogens is 279 g/mol. The van der Waals surface area contributed by atoms with Gasteiger partial charge in [-0.3, -0.25) is 0 Å². The van der Waals surface area contributed by atoms with Crippen molar-refractivity contribution in [3.05, 3.63) is 0 Å². The molecule has 3 heteroatoms. The van der Waals surface area contributed by atoms with Gasteiger partial charge in [0.15, 0.2) is 6.17 Å². The zero-order valence-electron chi connectivity index (χ0n) is 14.2. The van der Waals surface area contributed by atoms with Gasteiger partial charge in [0.1, 0.15) is 5.60 Å². The van der Waals surface area contributed by atoms with Crippen LogP contribution in [0.4, 0.5) is 4.39 Å². The topological polar surface area (TPSA) is 26.3 Å². The molecule has 0 N–H and O–H groups in total. The Balaban J connectivity index is 1.95. The van der Waals surface area contributed by atoms with Crippen LogP contribution >= 0.6 is 0 Å². The second-order valence-electron chi connectivity index (χ2n) is 7.34. The van der Waals surface area contributed by atoms with Gasteiger partial charge in [0.05, 0.1) is 0 Å². The summed E-state index contributed by atoms with van der Waals surface area (Å²) in [7, 11) is 0. The zero-order chi connectivity index (χ0) is 15.8. The molecule has 0 radical (unpaired) electrons. The number of hydrogen-bond donors (Lipinski definition) is 0. The molecule has 0 unspecified atom stereocenters. The number of rotatable bonds is 7. The summed E-state index contributed by atoms with van der Waals surface area (Å²) in [6.45, 7) is 2.09. The fourth-order valence-electron chi connectivity index (χ4n) is 4.33. The van der Waals surface area contributed by atoms with Crippen molar-refractivity contribution >= 4 is 5.97 Å². The van der Waals surface area contributed by atoms with Crippen molar-refractivity contribution in [3.8, 4) is 0 Å². The van der Waals surface area contributed by atoms with Crippen LogP contribution in [0.25, 0.3) is 0 Å². The molecule has 0 amide bonds. The van der Waals surface area contributed by atoms with Crippen LogP contribution in [0.5, 0.6) is 0 Å². The Morgan fingerprint density at radius 2 is 1.73 bits per heavy atom. The summed E-state index contributed by atoms with van der Waals surface area (Å²) >= 11 is 0. The lowest BCUT2D eigenvalue weighted by molar-refractivity contribution is -0.179. The second kappa shape index (κ2) is 8.88. The highest BCUT2D eigenvalue weighted by Crippen LogP contribution is 2.44. The number of alkyl halides is 1. The first-order valence-corrected chi connectivity index (χ1v) is 9.55. The molecule has 22 heavy (non-hydrogen) atoms. The molecule has 0 aliphatic heterocycles. The van der Waals surface area contributed by atoms with Gasteiger partial charge in [0, 0.05) is 0 Å². The highest BCUT2D eigenvalue weighted by Gasteiger charge is 2.44. The number of ether oxygens (including phenoxy) is 1. The van der Waals surface area contributed by atoms with Crippen molar-refractivity contribution < 1.29 is 13.9 Å². The summed E-state index contributed by atoms with van der Waals surface area (Å²) in [4.78, 5) is 12.3. The molecule has 0 aromatic heterocycles. The van der Waals surface area contributed by atoms with Crippen LogP contribution in [-0.4, -0.2) is 17.7 Å². The van der Waals surface area contributed by atoms with E-state index in [0.717, 1.165) is 57.8 Å². The average molecular weight is 312 g/mol. The average Bonchev–Trinajstić information content (AvgIpc) is 2.56. The van der Waals surface area contributed by atoms with E-state index < -0.39 is 12.1 Å². The maximum absolute atomic E-state index is 14.1. The number of unbranched alkanes of at least 4 members (excludes halogenated alkanes) is 2. The van der Waals surface area contributed by atoms with Crippen LogP contribution in [0.3, 0.4) is 0 Å². The molecule has 2 fully saturated rings. The van der Waals surface area contributed by atoms with Gasteiger partial charge in [-0.2, -0.15) is 0 Å². The Labute approximate surface area is 135 Å². The quantitative estimate of drug-likeness (QED) is 0.443. The Kier molecular flexibility index (Phi) is 7.17. The number of hydrogen-bond acceptors (Lipinski definition) is 2. The molecule has 2 saturated carbocycles. The number of halogens is 1. The lowest BCUT2D eigenvalue weighted by atomic mass is 9.69. The van der Waals surface area contributed by atoms with E-state index in [0.29, 0.717) is 12.3 Å². The van der Waals surface area contributed by atoms with E-state index in [1.165, 1.54) is 25.7 Å². The van der Waals surface area contributed by atoms with Gasteiger partial charge in [-0.05, 0) is 57.3 Å². The van der Waals surface area contributed by atoms with E-state index >= 15 is 0 Å². The Hall–Kier alpha value is -0.600. The molecule has 0 aromatic carbocycles. The molecule has 0 aromatic rings. The third-order valence-electron chi connectivity index (χ3n) is 5.67. The molecular formula is C19H33FO2. The third kappa shape index (κ3) is 4.70. The van der Waals surface area contributed by atoms with Gasteiger partial charge in [-0.25, -0.2) is 9.18 Å². The van der Waals surface area contributed by atoms with Crippen molar-refractivity contribution in [1.29, 1.82) is 0 Å². The predicted molar refractivity (Wildman–Crippen MR) is 87.5 cm³/mol. The number of carbonyl (C=O) groups excluding carboxylic acids is 1. The van der Waals surface area contributed by atoms with Gasteiger partial charge in [0.25, 0.3) is 0 Å². The molecule has 0 bridgehead atoms. The third-order valence-corrected chi connectivity index (χ3v) is 5.67. The Morgan fingerprint density at radius 1 is 1.09 bits per heavy atom. The van der Waals surface area contributed by atoms with Crippen LogP contribution in [0.15, 0.2) is 0 Å². The smallest absolute Gasteiger partial charge is 0.341 e. The Morgan fingerprint density at radius 3 is 2.36 bits per heavy atom.